The lowest BCUT2D eigenvalue weighted by Crippen LogP contribution is -1.85. The van der Waals surface area contributed by atoms with Crippen LogP contribution in [0.3, 0.4) is 0 Å². The van der Waals surface area contributed by atoms with E-state index in [2.05, 4.69) is 36.9 Å². The van der Waals surface area contributed by atoms with Crippen molar-refractivity contribution in [3.05, 3.63) is 71.3 Å². The maximum absolute atomic E-state index is 4.99. The van der Waals surface area contributed by atoms with E-state index in [0.29, 0.717) is 4.20 Å². The lowest BCUT2D eigenvalue weighted by atomic mass is 10.1. The van der Waals surface area contributed by atoms with Crippen molar-refractivity contribution in [2.45, 2.75) is 0 Å². The highest BCUT2D eigenvalue weighted by Crippen LogP contribution is 2.11. The topological polar surface area (TPSA) is 0 Å². The Morgan fingerprint density at radius 3 is 1.88 bits per heavy atom. The molecule has 2 aromatic rings. The van der Waals surface area contributed by atoms with Crippen molar-refractivity contribution >= 4 is 41.2 Å². The fraction of sp³-hybridized carbons (Fsp3) is 0. The van der Waals surface area contributed by atoms with E-state index in [1.54, 1.807) is 0 Å². The Hall–Kier alpha value is -1.38. The molecule has 0 nitrogen and oxygen atoms in total. The van der Waals surface area contributed by atoms with Gasteiger partial charge in [0.15, 0.2) is 0 Å². The molecule has 0 aliphatic rings. The maximum atomic E-state index is 4.99. The van der Waals surface area contributed by atoms with Gasteiger partial charge in [-0.3, -0.25) is 0 Å². The van der Waals surface area contributed by atoms with Gasteiger partial charge in [0.2, 0.25) is 0 Å². The zero-order valence-corrected chi connectivity index (χ0v) is 10.9. The standard InChI is InChI=1S/C15H12S2/c16-15(17)14-10-8-13(9-11-14)7-6-12-4-2-1-3-5-12/h1-11H,(H,16,17). The van der Waals surface area contributed by atoms with Crippen LogP contribution in [0.5, 0.6) is 0 Å². The third kappa shape index (κ3) is 3.55. The minimum atomic E-state index is 0.628. The van der Waals surface area contributed by atoms with Crippen LogP contribution in [-0.4, -0.2) is 4.20 Å². The molecular weight excluding hydrogens is 244 g/mol. The van der Waals surface area contributed by atoms with Crippen molar-refractivity contribution in [1.82, 2.24) is 0 Å². The van der Waals surface area contributed by atoms with Gasteiger partial charge in [-0.2, -0.15) is 0 Å². The molecule has 17 heavy (non-hydrogen) atoms. The fourth-order valence-corrected chi connectivity index (χ4v) is 1.78. The van der Waals surface area contributed by atoms with Crippen LogP contribution < -0.4 is 0 Å². The molecule has 0 saturated heterocycles. The van der Waals surface area contributed by atoms with Crippen molar-refractivity contribution in [2.75, 3.05) is 0 Å². The largest absolute Gasteiger partial charge is 0.131 e. The quantitative estimate of drug-likeness (QED) is 0.480. The third-order valence-electron chi connectivity index (χ3n) is 2.43. The number of hydrogen-bond acceptors (Lipinski definition) is 1. The Balaban J connectivity index is 2.14. The monoisotopic (exact) mass is 256 g/mol. The second kappa shape index (κ2) is 5.80. The SMILES string of the molecule is S=C(S)c1ccc(C=Cc2ccccc2)cc1. The normalized spacial score (nSPS) is 10.6. The molecule has 0 radical (unpaired) electrons. The number of rotatable bonds is 3. The molecule has 2 aromatic carbocycles. The molecule has 0 amide bonds. The predicted octanol–water partition coefficient (Wildman–Crippen LogP) is 4.46. The van der Waals surface area contributed by atoms with Crippen molar-refractivity contribution in [2.24, 2.45) is 0 Å². The minimum Gasteiger partial charge on any atom is -0.131 e. The van der Waals surface area contributed by atoms with Crippen LogP contribution in [0, 0.1) is 0 Å². The first-order valence-electron chi connectivity index (χ1n) is 5.32. The first-order chi connectivity index (χ1) is 8.25. The summed E-state index contributed by atoms with van der Waals surface area (Å²) in [6.07, 6.45) is 4.18. The van der Waals surface area contributed by atoms with E-state index >= 15 is 0 Å². The van der Waals surface area contributed by atoms with Crippen LogP contribution in [-0.2, 0) is 0 Å². The Morgan fingerprint density at radius 1 is 0.824 bits per heavy atom. The fourth-order valence-electron chi connectivity index (χ4n) is 1.49. The van der Waals surface area contributed by atoms with Gasteiger partial charge in [0, 0.05) is 0 Å². The second-order valence-electron chi connectivity index (χ2n) is 3.67. The van der Waals surface area contributed by atoms with Crippen LogP contribution in [0.15, 0.2) is 54.6 Å². The van der Waals surface area contributed by atoms with Gasteiger partial charge in [-0.05, 0) is 16.7 Å². The lowest BCUT2D eigenvalue weighted by molar-refractivity contribution is 1.63. The number of benzene rings is 2. The van der Waals surface area contributed by atoms with E-state index < -0.39 is 0 Å². The van der Waals surface area contributed by atoms with Crippen LogP contribution in [0.25, 0.3) is 12.2 Å². The first-order valence-corrected chi connectivity index (χ1v) is 6.18. The van der Waals surface area contributed by atoms with Gasteiger partial charge in [-0.25, -0.2) is 0 Å². The average molecular weight is 256 g/mol. The summed E-state index contributed by atoms with van der Waals surface area (Å²) in [5, 5.41) is 0. The summed E-state index contributed by atoms with van der Waals surface area (Å²) in [5.41, 5.74) is 3.34. The summed E-state index contributed by atoms with van der Waals surface area (Å²) >= 11 is 9.14. The van der Waals surface area contributed by atoms with Gasteiger partial charge in [-0.15, -0.1) is 12.6 Å². The summed E-state index contributed by atoms with van der Waals surface area (Å²) in [6.45, 7) is 0. The van der Waals surface area contributed by atoms with Gasteiger partial charge in [0.1, 0.15) is 0 Å². The summed E-state index contributed by atoms with van der Waals surface area (Å²) < 4.78 is 0.628. The molecular formula is C15H12S2. The third-order valence-corrected chi connectivity index (χ3v) is 2.92. The van der Waals surface area contributed by atoms with Gasteiger partial charge >= 0.3 is 0 Å². The maximum Gasteiger partial charge on any atom is 0.0747 e. The molecule has 2 heteroatoms. The Kier molecular flexibility index (Phi) is 4.13. The first kappa shape index (κ1) is 12.1. The van der Waals surface area contributed by atoms with Gasteiger partial charge < -0.3 is 0 Å². The molecule has 0 saturated carbocycles. The minimum absolute atomic E-state index is 0.628. The Bertz CT molecular complexity index is 525. The summed E-state index contributed by atoms with van der Waals surface area (Å²) in [4.78, 5) is 0. The van der Waals surface area contributed by atoms with E-state index in [1.165, 1.54) is 5.56 Å². The molecule has 2 rings (SSSR count). The van der Waals surface area contributed by atoms with Crippen LogP contribution >= 0.6 is 24.8 Å². The smallest absolute Gasteiger partial charge is 0.0747 e. The molecule has 0 N–H and O–H groups in total. The Morgan fingerprint density at radius 2 is 1.35 bits per heavy atom. The zero-order chi connectivity index (χ0) is 12.1. The lowest BCUT2D eigenvalue weighted by Gasteiger charge is -1.98. The molecule has 0 bridgehead atoms. The molecule has 0 unspecified atom stereocenters. The molecule has 0 spiro atoms. The van der Waals surface area contributed by atoms with E-state index in [4.69, 9.17) is 12.2 Å². The molecule has 84 valence electrons. The summed E-state index contributed by atoms with van der Waals surface area (Å²) in [5.74, 6) is 0. The van der Waals surface area contributed by atoms with Crippen LogP contribution in [0.1, 0.15) is 16.7 Å². The van der Waals surface area contributed by atoms with Gasteiger partial charge in [0.05, 0.1) is 4.20 Å². The highest BCUT2D eigenvalue weighted by molar-refractivity contribution is 8.11. The highest BCUT2D eigenvalue weighted by Gasteiger charge is 1.94. The summed E-state index contributed by atoms with van der Waals surface area (Å²) in [7, 11) is 0. The Labute approximate surface area is 112 Å². The molecule has 0 aromatic heterocycles. The second-order valence-corrected chi connectivity index (χ2v) is 4.83. The molecule has 0 heterocycles. The van der Waals surface area contributed by atoms with Gasteiger partial charge in [-0.1, -0.05) is 79.0 Å². The van der Waals surface area contributed by atoms with E-state index in [0.717, 1.165) is 11.1 Å². The van der Waals surface area contributed by atoms with Crippen LogP contribution in [0.2, 0.25) is 0 Å². The average Bonchev–Trinajstić information content (AvgIpc) is 2.38. The van der Waals surface area contributed by atoms with Crippen molar-refractivity contribution < 1.29 is 0 Å². The molecule has 0 aliphatic carbocycles. The molecule has 0 fully saturated rings. The number of thiol groups is 1. The van der Waals surface area contributed by atoms with E-state index in [1.807, 2.05) is 42.5 Å². The van der Waals surface area contributed by atoms with Crippen molar-refractivity contribution in [3.8, 4) is 0 Å². The van der Waals surface area contributed by atoms with Gasteiger partial charge in [0.25, 0.3) is 0 Å². The van der Waals surface area contributed by atoms with Crippen molar-refractivity contribution in [1.29, 1.82) is 0 Å². The van der Waals surface area contributed by atoms with E-state index in [9.17, 15) is 0 Å². The van der Waals surface area contributed by atoms with Crippen molar-refractivity contribution in [3.63, 3.8) is 0 Å². The highest BCUT2D eigenvalue weighted by atomic mass is 32.1. The molecule has 0 atom stereocenters. The molecule has 0 aliphatic heterocycles. The van der Waals surface area contributed by atoms with E-state index in [-0.39, 0.29) is 0 Å². The number of thiocarbonyl (C=S) groups is 1. The zero-order valence-electron chi connectivity index (χ0n) is 9.21. The summed E-state index contributed by atoms with van der Waals surface area (Å²) in [6, 6.07) is 18.3. The number of hydrogen-bond donors (Lipinski definition) is 1. The predicted molar refractivity (Wildman–Crippen MR) is 82.5 cm³/mol. The van der Waals surface area contributed by atoms with Crippen LogP contribution in [0.4, 0.5) is 0 Å².